The van der Waals surface area contributed by atoms with Crippen LogP contribution in [0.1, 0.15) is 32.3 Å². The van der Waals surface area contributed by atoms with E-state index in [4.69, 9.17) is 4.74 Å². The molecule has 1 fully saturated rings. The number of unbranched alkanes of at least 4 members (excludes halogenated alkanes) is 1. The molecule has 5 heteroatoms. The predicted molar refractivity (Wildman–Crippen MR) is 103 cm³/mol. The fraction of sp³-hybridized carbons (Fsp3) is 0.550. The third-order valence-electron chi connectivity index (χ3n) is 4.57. The van der Waals surface area contributed by atoms with Crippen LogP contribution in [0.2, 0.25) is 0 Å². The van der Waals surface area contributed by atoms with Crippen molar-refractivity contribution in [3.05, 3.63) is 41.6 Å². The first-order valence-corrected chi connectivity index (χ1v) is 9.15. The highest BCUT2D eigenvalue weighted by Crippen LogP contribution is 2.22. The number of aliphatic hydroxyl groups excluding tert-OH is 1. The number of aliphatic hydroxyl groups is 1. The molecule has 2 heterocycles. The minimum Gasteiger partial charge on any atom is -0.497 e. The van der Waals surface area contributed by atoms with Crippen molar-refractivity contribution in [2.45, 2.75) is 39.3 Å². The van der Waals surface area contributed by atoms with Gasteiger partial charge in [0.25, 0.3) is 0 Å². The lowest BCUT2D eigenvalue weighted by Crippen LogP contribution is -2.53. The van der Waals surface area contributed by atoms with Crippen molar-refractivity contribution >= 4 is 6.34 Å². The number of fused-ring (bicyclic) bond motifs is 1. The summed E-state index contributed by atoms with van der Waals surface area (Å²) < 4.78 is 5.19. The highest BCUT2D eigenvalue weighted by atomic mass is 16.5. The zero-order valence-corrected chi connectivity index (χ0v) is 15.7. The topological polar surface area (TPSA) is 48.3 Å². The zero-order valence-electron chi connectivity index (χ0n) is 15.7. The predicted octanol–water partition coefficient (Wildman–Crippen LogP) is 2.91. The lowest BCUT2D eigenvalue weighted by Gasteiger charge is -2.42. The van der Waals surface area contributed by atoms with Crippen molar-refractivity contribution in [1.29, 1.82) is 0 Å². The SMILES string of the molecule is CCCC.COc1ccc(CN2CC3=CCN=CN3C[C@@H]2CO)cc1. The Bertz CT molecular complexity index is 567. The van der Waals surface area contributed by atoms with Crippen LogP contribution in [0, 0.1) is 0 Å². The summed E-state index contributed by atoms with van der Waals surface area (Å²) >= 11 is 0. The number of hydrogen-bond donors (Lipinski definition) is 1. The molecule has 138 valence electrons. The van der Waals surface area contributed by atoms with Gasteiger partial charge in [0.05, 0.1) is 32.6 Å². The van der Waals surface area contributed by atoms with Gasteiger partial charge in [-0.25, -0.2) is 0 Å². The minimum absolute atomic E-state index is 0.133. The second-order valence-corrected chi connectivity index (χ2v) is 6.42. The second-order valence-electron chi connectivity index (χ2n) is 6.42. The Hall–Kier alpha value is -1.85. The summed E-state index contributed by atoms with van der Waals surface area (Å²) in [5.41, 5.74) is 2.51. The quantitative estimate of drug-likeness (QED) is 0.891. The van der Waals surface area contributed by atoms with Gasteiger partial charge in [-0.3, -0.25) is 9.89 Å². The molecule has 5 nitrogen and oxygen atoms in total. The molecule has 0 aromatic heterocycles. The maximum Gasteiger partial charge on any atom is 0.118 e. The number of methoxy groups -OCH3 is 1. The van der Waals surface area contributed by atoms with Crippen molar-refractivity contribution in [1.82, 2.24) is 9.80 Å². The Kier molecular flexibility index (Phi) is 7.95. The van der Waals surface area contributed by atoms with Gasteiger partial charge in [-0.05, 0) is 23.8 Å². The van der Waals surface area contributed by atoms with Crippen LogP contribution in [0.25, 0.3) is 0 Å². The van der Waals surface area contributed by atoms with Gasteiger partial charge in [0.2, 0.25) is 0 Å². The first-order valence-electron chi connectivity index (χ1n) is 9.15. The Morgan fingerprint density at radius 3 is 2.52 bits per heavy atom. The van der Waals surface area contributed by atoms with Crippen molar-refractivity contribution in [2.24, 2.45) is 4.99 Å². The largest absolute Gasteiger partial charge is 0.497 e. The number of nitrogens with zero attached hydrogens (tertiary/aromatic N) is 3. The van der Waals surface area contributed by atoms with E-state index in [2.05, 4.69) is 46.8 Å². The zero-order chi connectivity index (χ0) is 18.1. The normalized spacial score (nSPS) is 19.6. The van der Waals surface area contributed by atoms with E-state index >= 15 is 0 Å². The first-order chi connectivity index (χ1) is 12.2. The summed E-state index contributed by atoms with van der Waals surface area (Å²) in [6.07, 6.45) is 6.69. The number of rotatable bonds is 5. The van der Waals surface area contributed by atoms with E-state index < -0.39 is 0 Å². The molecular formula is C20H31N3O2. The molecule has 1 N–H and O–H groups in total. The lowest BCUT2D eigenvalue weighted by molar-refractivity contribution is 0.0823. The third-order valence-corrected chi connectivity index (χ3v) is 4.57. The molecule has 3 rings (SSSR count). The van der Waals surface area contributed by atoms with Crippen LogP contribution in [0.15, 0.2) is 41.0 Å². The standard InChI is InChI=1S/C16H21N3O2.C4H10/c1-21-16-4-2-13(3-5-16)8-18-9-14-6-7-17-12-19(14)10-15(18)11-20;1-3-4-2/h2-6,12,15,20H,7-11H2,1H3;3-4H2,1-2H3/t15-;/m1./s1. The molecule has 0 spiro atoms. The van der Waals surface area contributed by atoms with Gasteiger partial charge < -0.3 is 14.7 Å². The molecule has 1 aromatic carbocycles. The Balaban J connectivity index is 0.000000511. The molecular weight excluding hydrogens is 314 g/mol. The molecule has 0 saturated carbocycles. The molecule has 0 aliphatic carbocycles. The van der Waals surface area contributed by atoms with Crippen molar-refractivity contribution in [2.75, 3.05) is 33.4 Å². The first kappa shape index (κ1) is 19.5. The molecule has 0 unspecified atom stereocenters. The highest BCUT2D eigenvalue weighted by Gasteiger charge is 2.29. The third kappa shape index (κ3) is 5.58. The molecule has 0 amide bonds. The van der Waals surface area contributed by atoms with Gasteiger partial charge in [-0.1, -0.05) is 38.8 Å². The van der Waals surface area contributed by atoms with Crippen LogP contribution in [0.5, 0.6) is 5.75 Å². The van der Waals surface area contributed by atoms with Crippen molar-refractivity contribution < 1.29 is 9.84 Å². The number of ether oxygens (including phenoxy) is 1. The van der Waals surface area contributed by atoms with E-state index in [1.54, 1.807) is 7.11 Å². The average molecular weight is 345 g/mol. The minimum atomic E-state index is 0.133. The molecule has 25 heavy (non-hydrogen) atoms. The van der Waals surface area contributed by atoms with Crippen LogP contribution >= 0.6 is 0 Å². The van der Waals surface area contributed by atoms with Crippen LogP contribution in [0.4, 0.5) is 0 Å². The van der Waals surface area contributed by atoms with Gasteiger partial charge in [0, 0.05) is 25.3 Å². The van der Waals surface area contributed by atoms with E-state index in [1.165, 1.54) is 24.1 Å². The van der Waals surface area contributed by atoms with Crippen LogP contribution in [0.3, 0.4) is 0 Å². The molecule has 2 aliphatic rings. The molecule has 1 aromatic rings. The van der Waals surface area contributed by atoms with Gasteiger partial charge in [0.15, 0.2) is 0 Å². The molecule has 0 radical (unpaired) electrons. The van der Waals surface area contributed by atoms with Crippen molar-refractivity contribution in [3.63, 3.8) is 0 Å². The van der Waals surface area contributed by atoms with Gasteiger partial charge in [-0.15, -0.1) is 0 Å². The van der Waals surface area contributed by atoms with E-state index in [1.807, 2.05) is 18.5 Å². The summed E-state index contributed by atoms with van der Waals surface area (Å²) in [6.45, 7) is 7.75. The number of hydrogen-bond acceptors (Lipinski definition) is 5. The van der Waals surface area contributed by atoms with E-state index in [0.717, 1.165) is 31.9 Å². The smallest absolute Gasteiger partial charge is 0.118 e. The number of benzene rings is 1. The van der Waals surface area contributed by atoms with E-state index in [-0.39, 0.29) is 12.6 Å². The fourth-order valence-corrected chi connectivity index (χ4v) is 2.82. The van der Waals surface area contributed by atoms with E-state index in [9.17, 15) is 5.11 Å². The summed E-state index contributed by atoms with van der Waals surface area (Å²) in [5, 5.41) is 9.66. The molecule has 0 bridgehead atoms. The highest BCUT2D eigenvalue weighted by molar-refractivity contribution is 5.60. The summed E-state index contributed by atoms with van der Waals surface area (Å²) in [5.74, 6) is 0.869. The molecule has 2 aliphatic heterocycles. The van der Waals surface area contributed by atoms with Gasteiger partial charge in [-0.2, -0.15) is 0 Å². The van der Waals surface area contributed by atoms with Gasteiger partial charge >= 0.3 is 0 Å². The summed E-state index contributed by atoms with van der Waals surface area (Å²) in [7, 11) is 1.67. The average Bonchev–Trinajstić information content (AvgIpc) is 2.68. The maximum absolute atomic E-state index is 9.66. The van der Waals surface area contributed by atoms with Crippen LogP contribution in [-0.4, -0.2) is 60.6 Å². The summed E-state index contributed by atoms with van der Waals surface area (Å²) in [6, 6.07) is 8.25. The second kappa shape index (κ2) is 10.2. The van der Waals surface area contributed by atoms with Gasteiger partial charge in [0.1, 0.15) is 5.75 Å². The molecule has 1 saturated heterocycles. The Morgan fingerprint density at radius 2 is 1.92 bits per heavy atom. The lowest BCUT2D eigenvalue weighted by atomic mass is 10.1. The van der Waals surface area contributed by atoms with Crippen molar-refractivity contribution in [3.8, 4) is 5.75 Å². The summed E-state index contributed by atoms with van der Waals surface area (Å²) in [4.78, 5) is 8.74. The number of aliphatic imine (C=N–C) groups is 1. The fourth-order valence-electron chi connectivity index (χ4n) is 2.82. The Morgan fingerprint density at radius 1 is 1.20 bits per heavy atom. The maximum atomic E-state index is 9.66. The monoisotopic (exact) mass is 345 g/mol. The Labute approximate surface area is 151 Å². The van der Waals surface area contributed by atoms with Crippen LogP contribution < -0.4 is 4.74 Å². The van der Waals surface area contributed by atoms with E-state index in [0.29, 0.717) is 0 Å². The van der Waals surface area contributed by atoms with Crippen LogP contribution in [-0.2, 0) is 6.54 Å². The number of piperazine rings is 1. The molecule has 1 atom stereocenters.